The molecule has 0 fully saturated rings. The number of halogens is 2. The van der Waals surface area contributed by atoms with Gasteiger partial charge >= 0.3 is 0 Å². The van der Waals surface area contributed by atoms with E-state index in [1.807, 2.05) is 0 Å². The zero-order valence-corrected chi connectivity index (χ0v) is 12.1. The van der Waals surface area contributed by atoms with Crippen molar-refractivity contribution in [2.75, 3.05) is 13.2 Å². The summed E-state index contributed by atoms with van der Waals surface area (Å²) in [5.74, 6) is -0.209. The highest BCUT2D eigenvalue weighted by molar-refractivity contribution is 6.42. The Morgan fingerprint density at radius 1 is 1.25 bits per heavy atom. The molecule has 6 heteroatoms. The fourth-order valence-electron chi connectivity index (χ4n) is 1.80. The predicted molar refractivity (Wildman–Crippen MR) is 77.0 cm³/mol. The molecule has 20 heavy (non-hydrogen) atoms. The van der Waals surface area contributed by atoms with Crippen LogP contribution in [0.1, 0.15) is 15.9 Å². The summed E-state index contributed by atoms with van der Waals surface area (Å²) in [4.78, 5) is 13.8. The molecule has 2 rings (SSSR count). The quantitative estimate of drug-likeness (QED) is 0.922. The minimum absolute atomic E-state index is 0.120. The van der Waals surface area contributed by atoms with Gasteiger partial charge in [0.05, 0.1) is 28.5 Å². The van der Waals surface area contributed by atoms with Crippen molar-refractivity contribution in [3.63, 3.8) is 0 Å². The van der Waals surface area contributed by atoms with Crippen LogP contribution in [0.4, 0.5) is 0 Å². The third-order valence-corrected chi connectivity index (χ3v) is 3.52. The van der Waals surface area contributed by atoms with Crippen molar-refractivity contribution in [3.8, 4) is 0 Å². The molecular formula is C14H13Cl2NO3. The lowest BCUT2D eigenvalue weighted by atomic mass is 10.2. The van der Waals surface area contributed by atoms with E-state index in [-0.39, 0.29) is 19.1 Å². The van der Waals surface area contributed by atoms with Gasteiger partial charge in [-0.3, -0.25) is 4.79 Å². The van der Waals surface area contributed by atoms with Crippen LogP contribution in [0.3, 0.4) is 0 Å². The Kier molecular flexibility index (Phi) is 5.06. The second-order valence-electron chi connectivity index (χ2n) is 4.21. The SMILES string of the molecule is O=C(c1ccoc1)N(CCO)Cc1ccc(Cl)c(Cl)c1. The summed E-state index contributed by atoms with van der Waals surface area (Å²) < 4.78 is 4.90. The van der Waals surface area contributed by atoms with Gasteiger partial charge in [0.1, 0.15) is 6.26 Å². The molecule has 0 unspecified atom stereocenters. The van der Waals surface area contributed by atoms with Crippen molar-refractivity contribution >= 4 is 29.1 Å². The van der Waals surface area contributed by atoms with Gasteiger partial charge in [0, 0.05) is 13.1 Å². The molecule has 106 valence electrons. The normalized spacial score (nSPS) is 10.6. The number of aliphatic hydroxyl groups is 1. The Labute approximate surface area is 126 Å². The predicted octanol–water partition coefficient (Wildman–Crippen LogP) is 3.22. The molecule has 1 aromatic carbocycles. The monoisotopic (exact) mass is 313 g/mol. The number of amides is 1. The van der Waals surface area contributed by atoms with Crippen LogP contribution in [0.2, 0.25) is 10.0 Å². The molecule has 1 aromatic heterocycles. The highest BCUT2D eigenvalue weighted by Gasteiger charge is 2.17. The van der Waals surface area contributed by atoms with E-state index in [4.69, 9.17) is 32.7 Å². The second-order valence-corrected chi connectivity index (χ2v) is 5.03. The zero-order valence-electron chi connectivity index (χ0n) is 10.6. The van der Waals surface area contributed by atoms with Gasteiger partial charge in [-0.1, -0.05) is 29.3 Å². The smallest absolute Gasteiger partial charge is 0.257 e. The number of hydrogen-bond donors (Lipinski definition) is 1. The Hall–Kier alpha value is -1.49. The molecule has 0 aliphatic rings. The number of benzene rings is 1. The highest BCUT2D eigenvalue weighted by atomic mass is 35.5. The molecule has 4 nitrogen and oxygen atoms in total. The largest absolute Gasteiger partial charge is 0.472 e. The van der Waals surface area contributed by atoms with Gasteiger partial charge in [-0.15, -0.1) is 0 Å². The number of carbonyl (C=O) groups excluding carboxylic acids is 1. The Morgan fingerprint density at radius 3 is 2.65 bits per heavy atom. The molecule has 0 bridgehead atoms. The fraction of sp³-hybridized carbons (Fsp3) is 0.214. The maximum Gasteiger partial charge on any atom is 0.257 e. The van der Waals surface area contributed by atoms with Crippen LogP contribution in [0.5, 0.6) is 0 Å². The second kappa shape index (κ2) is 6.79. The number of rotatable bonds is 5. The minimum Gasteiger partial charge on any atom is -0.472 e. The van der Waals surface area contributed by atoms with Crippen LogP contribution >= 0.6 is 23.2 Å². The van der Waals surface area contributed by atoms with E-state index in [0.717, 1.165) is 5.56 Å². The van der Waals surface area contributed by atoms with Crippen LogP contribution in [-0.2, 0) is 6.54 Å². The maximum absolute atomic E-state index is 12.2. The first-order valence-corrected chi connectivity index (χ1v) is 6.73. The standard InChI is InChI=1S/C14H13Cl2NO3/c15-12-2-1-10(7-13(12)16)8-17(4-5-18)14(19)11-3-6-20-9-11/h1-3,6-7,9,18H,4-5,8H2. The van der Waals surface area contributed by atoms with Crippen LogP contribution in [0.25, 0.3) is 0 Å². The van der Waals surface area contributed by atoms with Gasteiger partial charge in [0.2, 0.25) is 0 Å². The van der Waals surface area contributed by atoms with Crippen molar-refractivity contribution in [2.24, 2.45) is 0 Å². The zero-order chi connectivity index (χ0) is 14.5. The molecule has 1 amide bonds. The van der Waals surface area contributed by atoms with E-state index in [0.29, 0.717) is 22.2 Å². The summed E-state index contributed by atoms with van der Waals surface area (Å²) in [6.45, 7) is 0.441. The van der Waals surface area contributed by atoms with E-state index < -0.39 is 0 Å². The van der Waals surface area contributed by atoms with Gasteiger partial charge in [-0.25, -0.2) is 0 Å². The maximum atomic E-state index is 12.2. The Balaban J connectivity index is 2.16. The third-order valence-electron chi connectivity index (χ3n) is 2.78. The molecule has 2 aromatic rings. The highest BCUT2D eigenvalue weighted by Crippen LogP contribution is 2.23. The van der Waals surface area contributed by atoms with E-state index in [2.05, 4.69) is 0 Å². The van der Waals surface area contributed by atoms with Crippen LogP contribution in [0, 0.1) is 0 Å². The Morgan fingerprint density at radius 2 is 2.05 bits per heavy atom. The number of nitrogens with zero attached hydrogens (tertiary/aromatic N) is 1. The van der Waals surface area contributed by atoms with E-state index in [9.17, 15) is 4.79 Å². The van der Waals surface area contributed by atoms with E-state index >= 15 is 0 Å². The molecule has 0 radical (unpaired) electrons. The van der Waals surface area contributed by atoms with Gasteiger partial charge in [-0.2, -0.15) is 0 Å². The van der Waals surface area contributed by atoms with Crippen molar-refractivity contribution < 1.29 is 14.3 Å². The lowest BCUT2D eigenvalue weighted by Crippen LogP contribution is -2.32. The summed E-state index contributed by atoms with van der Waals surface area (Å²) in [5, 5.41) is 9.99. The molecule has 0 saturated carbocycles. The first kappa shape index (κ1) is 14.9. The van der Waals surface area contributed by atoms with E-state index in [1.165, 1.54) is 17.4 Å². The number of furan rings is 1. The van der Waals surface area contributed by atoms with Crippen LogP contribution in [0.15, 0.2) is 41.2 Å². The number of aliphatic hydroxyl groups excluding tert-OH is 1. The molecule has 0 spiro atoms. The fourth-order valence-corrected chi connectivity index (χ4v) is 2.12. The van der Waals surface area contributed by atoms with Crippen molar-refractivity contribution in [1.82, 2.24) is 4.90 Å². The van der Waals surface area contributed by atoms with E-state index in [1.54, 1.807) is 24.3 Å². The molecule has 0 aliphatic carbocycles. The molecular weight excluding hydrogens is 301 g/mol. The molecule has 0 saturated heterocycles. The molecule has 0 atom stereocenters. The van der Waals surface area contributed by atoms with Crippen molar-refractivity contribution in [1.29, 1.82) is 0 Å². The summed E-state index contributed by atoms with van der Waals surface area (Å²) in [5.41, 5.74) is 1.28. The lowest BCUT2D eigenvalue weighted by Gasteiger charge is -2.21. The summed E-state index contributed by atoms with van der Waals surface area (Å²) in [6, 6.07) is 6.76. The van der Waals surface area contributed by atoms with Crippen molar-refractivity contribution in [3.05, 3.63) is 58.0 Å². The van der Waals surface area contributed by atoms with Gasteiger partial charge in [-0.05, 0) is 23.8 Å². The van der Waals surface area contributed by atoms with Gasteiger partial charge in [0.25, 0.3) is 5.91 Å². The molecule has 1 heterocycles. The molecule has 1 N–H and O–H groups in total. The Bertz CT molecular complexity index is 584. The average molecular weight is 314 g/mol. The minimum atomic E-state index is -0.209. The van der Waals surface area contributed by atoms with Gasteiger partial charge in [0.15, 0.2) is 0 Å². The third kappa shape index (κ3) is 3.54. The number of carbonyl (C=O) groups is 1. The summed E-state index contributed by atoms with van der Waals surface area (Å²) in [6.07, 6.45) is 2.81. The van der Waals surface area contributed by atoms with Crippen LogP contribution < -0.4 is 0 Å². The average Bonchev–Trinajstić information content (AvgIpc) is 2.95. The first-order valence-electron chi connectivity index (χ1n) is 5.98. The lowest BCUT2D eigenvalue weighted by molar-refractivity contribution is 0.0707. The summed E-state index contributed by atoms with van der Waals surface area (Å²) in [7, 11) is 0. The van der Waals surface area contributed by atoms with Gasteiger partial charge < -0.3 is 14.4 Å². The topological polar surface area (TPSA) is 53.7 Å². The molecule has 0 aliphatic heterocycles. The first-order chi connectivity index (χ1) is 9.61. The van der Waals surface area contributed by atoms with Crippen molar-refractivity contribution in [2.45, 2.75) is 6.54 Å². The summed E-state index contributed by atoms with van der Waals surface area (Å²) >= 11 is 11.8. The number of hydrogen-bond acceptors (Lipinski definition) is 3. The van der Waals surface area contributed by atoms with Crippen LogP contribution in [-0.4, -0.2) is 29.1 Å².